The molecule has 4 aromatic heterocycles. The number of aromatic nitrogens is 5. The molecule has 0 saturated heterocycles. The predicted octanol–water partition coefficient (Wildman–Crippen LogP) is 11.5. The third-order valence-corrected chi connectivity index (χ3v) is 9.52. The van der Waals surface area contributed by atoms with Crippen LogP contribution in [-0.2, 0) is 6.42 Å². The van der Waals surface area contributed by atoms with Crippen LogP contribution in [0.4, 0.5) is 0 Å². The lowest BCUT2D eigenvalue weighted by Crippen LogP contribution is -1.96. The van der Waals surface area contributed by atoms with E-state index in [1.807, 2.05) is 42.5 Å². The van der Waals surface area contributed by atoms with E-state index in [-0.39, 0.29) is 0 Å². The zero-order valence-electron chi connectivity index (χ0n) is 28.6. The second kappa shape index (κ2) is 13.5. The lowest BCUT2D eigenvalue weighted by molar-refractivity contribution is 1.06. The van der Waals surface area contributed by atoms with Gasteiger partial charge in [0.15, 0.2) is 5.82 Å². The van der Waals surface area contributed by atoms with Crippen LogP contribution in [0.5, 0.6) is 0 Å². The van der Waals surface area contributed by atoms with E-state index in [1.54, 1.807) is 6.20 Å². The van der Waals surface area contributed by atoms with Crippen molar-refractivity contribution in [3.8, 4) is 67.5 Å². The fraction of sp³-hybridized carbons (Fsp3) is 0.0426. The number of pyridine rings is 3. The fourth-order valence-electron chi connectivity index (χ4n) is 6.74. The minimum Gasteiger partial charge on any atom is -0.255 e. The zero-order chi connectivity index (χ0) is 34.9. The van der Waals surface area contributed by atoms with Crippen molar-refractivity contribution in [1.82, 2.24) is 24.9 Å². The second-order valence-electron chi connectivity index (χ2n) is 12.8. The Morgan fingerprint density at radius 2 is 1.00 bits per heavy atom. The van der Waals surface area contributed by atoms with Crippen LogP contribution in [0.25, 0.3) is 89.4 Å². The number of benzene rings is 5. The molecule has 0 aliphatic rings. The smallest absolute Gasteiger partial charge is 0.160 e. The summed E-state index contributed by atoms with van der Waals surface area (Å²) in [5.74, 6) is 0.661. The molecule has 4 heterocycles. The van der Waals surface area contributed by atoms with Gasteiger partial charge in [-0.3, -0.25) is 9.97 Å². The summed E-state index contributed by atoms with van der Waals surface area (Å²) in [6.07, 6.45) is 2.66. The number of hydrogen-bond acceptors (Lipinski definition) is 5. The van der Waals surface area contributed by atoms with Crippen LogP contribution in [0.15, 0.2) is 170 Å². The molecule has 0 spiro atoms. The third-order valence-electron chi connectivity index (χ3n) is 9.52. The van der Waals surface area contributed by atoms with Crippen LogP contribution < -0.4 is 0 Å². The first-order chi connectivity index (χ1) is 25.7. The van der Waals surface area contributed by atoms with Crippen molar-refractivity contribution in [2.75, 3.05) is 0 Å². The molecular weight excluding hydrogens is 635 g/mol. The Kier molecular flexibility index (Phi) is 8.06. The van der Waals surface area contributed by atoms with E-state index < -0.39 is 0 Å². The molecule has 5 nitrogen and oxygen atoms in total. The van der Waals surface area contributed by atoms with Gasteiger partial charge in [-0.15, -0.1) is 0 Å². The molecule has 0 aliphatic carbocycles. The van der Waals surface area contributed by atoms with Crippen molar-refractivity contribution in [3.05, 3.63) is 176 Å². The summed E-state index contributed by atoms with van der Waals surface area (Å²) in [7, 11) is 0. The summed E-state index contributed by atoms with van der Waals surface area (Å²) < 4.78 is 0. The summed E-state index contributed by atoms with van der Waals surface area (Å²) in [5, 5.41) is 2.20. The predicted molar refractivity (Wildman–Crippen MR) is 212 cm³/mol. The molecule has 0 fully saturated rings. The molecule has 9 rings (SSSR count). The number of rotatable bonds is 7. The van der Waals surface area contributed by atoms with E-state index in [2.05, 4.69) is 133 Å². The van der Waals surface area contributed by atoms with Crippen LogP contribution in [0.3, 0.4) is 0 Å². The number of aryl methyl sites for hydroxylation is 1. The Labute approximate surface area is 302 Å². The van der Waals surface area contributed by atoms with Crippen LogP contribution in [0.2, 0.25) is 0 Å². The second-order valence-corrected chi connectivity index (χ2v) is 12.8. The van der Waals surface area contributed by atoms with E-state index in [1.165, 1.54) is 0 Å². The van der Waals surface area contributed by atoms with Crippen molar-refractivity contribution < 1.29 is 0 Å². The maximum atomic E-state index is 5.26. The first-order valence-electron chi connectivity index (χ1n) is 17.6. The molecule has 0 amide bonds. The molecule has 0 radical (unpaired) electrons. The van der Waals surface area contributed by atoms with Crippen molar-refractivity contribution in [3.63, 3.8) is 0 Å². The molecule has 9 aromatic rings. The lowest BCUT2D eigenvalue weighted by atomic mass is 9.96. The Hall–Kier alpha value is -6.85. The zero-order valence-corrected chi connectivity index (χ0v) is 28.6. The molecule has 5 heteroatoms. The van der Waals surface area contributed by atoms with E-state index in [9.17, 15) is 0 Å². The van der Waals surface area contributed by atoms with Crippen LogP contribution in [0.1, 0.15) is 12.6 Å². The largest absolute Gasteiger partial charge is 0.255 e. The van der Waals surface area contributed by atoms with E-state index in [4.69, 9.17) is 19.9 Å². The fourth-order valence-corrected chi connectivity index (χ4v) is 6.74. The van der Waals surface area contributed by atoms with Crippen molar-refractivity contribution in [2.24, 2.45) is 0 Å². The maximum absolute atomic E-state index is 5.26. The van der Waals surface area contributed by atoms with Gasteiger partial charge in [-0.2, -0.15) is 0 Å². The molecule has 0 aliphatic heterocycles. The van der Waals surface area contributed by atoms with Gasteiger partial charge >= 0.3 is 0 Å². The van der Waals surface area contributed by atoms with E-state index >= 15 is 0 Å². The molecule has 246 valence electrons. The molecule has 0 N–H and O–H groups in total. The minimum atomic E-state index is 0.661. The Balaban J connectivity index is 1.08. The first kappa shape index (κ1) is 31.2. The van der Waals surface area contributed by atoms with Gasteiger partial charge in [0.05, 0.1) is 33.8 Å². The van der Waals surface area contributed by atoms with Crippen molar-refractivity contribution in [2.45, 2.75) is 13.3 Å². The molecular formula is C47H33N5. The quantitative estimate of drug-likeness (QED) is 0.158. The molecule has 5 aromatic carbocycles. The monoisotopic (exact) mass is 667 g/mol. The third kappa shape index (κ3) is 5.99. The standard InChI is InChI=1S/C47H33N5/c1-2-38-26-24-36-25-27-39-40(33-11-5-3-6-12-33)29-42(50-46(39)45(36)49-38)35-20-16-31(17-21-35)32-18-22-37(23-19-32)47-51-43(34-13-7-4-8-14-34)30-44(52-47)41-15-9-10-28-48-41/h3-30H,2H2,1H3. The number of fused-ring (bicyclic) bond motifs is 3. The summed E-state index contributed by atoms with van der Waals surface area (Å²) in [6, 6.07) is 56.5. The lowest BCUT2D eigenvalue weighted by Gasteiger charge is -2.13. The summed E-state index contributed by atoms with van der Waals surface area (Å²) in [5.41, 5.74) is 13.9. The molecule has 0 bridgehead atoms. The van der Waals surface area contributed by atoms with Gasteiger partial charge in [0.25, 0.3) is 0 Å². The SMILES string of the molecule is CCc1ccc2ccc3c(-c4ccccc4)cc(-c4ccc(-c5ccc(-c6nc(-c7ccccc7)cc(-c7ccccn7)n6)cc5)cc4)nc3c2n1. The molecule has 52 heavy (non-hydrogen) atoms. The molecule has 0 saturated carbocycles. The first-order valence-corrected chi connectivity index (χ1v) is 17.6. The van der Waals surface area contributed by atoms with Gasteiger partial charge in [0.2, 0.25) is 0 Å². The summed E-state index contributed by atoms with van der Waals surface area (Å²) in [4.78, 5) is 24.8. The molecule has 0 unspecified atom stereocenters. The van der Waals surface area contributed by atoms with E-state index in [0.717, 1.165) is 95.6 Å². The van der Waals surface area contributed by atoms with Gasteiger partial charge < -0.3 is 0 Å². The number of hydrogen-bond donors (Lipinski definition) is 0. The van der Waals surface area contributed by atoms with Gasteiger partial charge in [-0.1, -0.05) is 140 Å². The highest BCUT2D eigenvalue weighted by atomic mass is 14.9. The highest BCUT2D eigenvalue weighted by Crippen LogP contribution is 2.36. The van der Waals surface area contributed by atoms with Crippen LogP contribution in [0, 0.1) is 0 Å². The van der Waals surface area contributed by atoms with Gasteiger partial charge in [0.1, 0.15) is 0 Å². The van der Waals surface area contributed by atoms with Gasteiger partial charge in [0, 0.05) is 39.4 Å². The normalized spacial score (nSPS) is 11.2. The van der Waals surface area contributed by atoms with Crippen LogP contribution >= 0.6 is 0 Å². The average molecular weight is 668 g/mol. The van der Waals surface area contributed by atoms with E-state index in [0.29, 0.717) is 5.82 Å². The highest BCUT2D eigenvalue weighted by molar-refractivity contribution is 6.09. The van der Waals surface area contributed by atoms with Gasteiger partial charge in [-0.05, 0) is 59.0 Å². The van der Waals surface area contributed by atoms with Crippen molar-refractivity contribution in [1.29, 1.82) is 0 Å². The minimum absolute atomic E-state index is 0.661. The van der Waals surface area contributed by atoms with Crippen LogP contribution in [-0.4, -0.2) is 24.9 Å². The summed E-state index contributed by atoms with van der Waals surface area (Å²) >= 11 is 0. The topological polar surface area (TPSA) is 64.5 Å². The van der Waals surface area contributed by atoms with Crippen molar-refractivity contribution >= 4 is 21.8 Å². The Morgan fingerprint density at radius 1 is 0.404 bits per heavy atom. The Morgan fingerprint density at radius 3 is 1.69 bits per heavy atom. The highest BCUT2D eigenvalue weighted by Gasteiger charge is 2.15. The number of nitrogens with zero attached hydrogens (tertiary/aromatic N) is 5. The molecule has 0 atom stereocenters. The average Bonchev–Trinajstić information content (AvgIpc) is 3.24. The summed E-state index contributed by atoms with van der Waals surface area (Å²) in [6.45, 7) is 2.14. The van der Waals surface area contributed by atoms with Gasteiger partial charge in [-0.25, -0.2) is 15.0 Å². The Bertz CT molecular complexity index is 2620. The maximum Gasteiger partial charge on any atom is 0.160 e.